The van der Waals surface area contributed by atoms with Crippen LogP contribution in [0.15, 0.2) is 88.9 Å². The van der Waals surface area contributed by atoms with Gasteiger partial charge in [-0.05, 0) is 66.7 Å². The molecule has 35 heavy (non-hydrogen) atoms. The van der Waals surface area contributed by atoms with Gasteiger partial charge in [0.25, 0.3) is 5.91 Å². The summed E-state index contributed by atoms with van der Waals surface area (Å²) in [5.41, 5.74) is 5.78. The average molecular weight is 481 g/mol. The van der Waals surface area contributed by atoms with Gasteiger partial charge in [-0.3, -0.25) is 14.1 Å². The predicted octanol–water partition coefficient (Wildman–Crippen LogP) is 5.48. The van der Waals surface area contributed by atoms with Gasteiger partial charge in [-0.15, -0.1) is 0 Å². The van der Waals surface area contributed by atoms with Crippen molar-refractivity contribution in [3.05, 3.63) is 106 Å². The first-order valence-electron chi connectivity index (χ1n) is 12.2. The second kappa shape index (κ2) is 9.72. The Morgan fingerprint density at radius 3 is 2.54 bits per heavy atom. The summed E-state index contributed by atoms with van der Waals surface area (Å²) in [5.74, 6) is 0.614. The van der Waals surface area contributed by atoms with Crippen molar-refractivity contribution in [2.45, 2.75) is 36.9 Å². The van der Waals surface area contributed by atoms with Crippen molar-refractivity contribution in [3.8, 4) is 0 Å². The number of rotatable bonds is 6. The number of imidazole rings is 1. The molecule has 0 unspecified atom stereocenters. The van der Waals surface area contributed by atoms with E-state index in [4.69, 9.17) is 0 Å². The van der Waals surface area contributed by atoms with Crippen molar-refractivity contribution in [1.82, 2.24) is 19.6 Å². The number of carbonyl (C=O) groups is 1. The Bertz CT molecular complexity index is 1390. The number of amides is 1. The fraction of sp³-hybridized carbons (Fsp3) is 0.241. The minimum absolute atomic E-state index is 0.0436. The number of hydrogen-bond donors (Lipinski definition) is 1. The van der Waals surface area contributed by atoms with E-state index in [1.54, 1.807) is 0 Å². The number of carbonyl (C=O) groups excluding carboxylic acids is 1. The highest BCUT2D eigenvalue weighted by atomic mass is 32.2. The van der Waals surface area contributed by atoms with Gasteiger partial charge in [0.05, 0.1) is 21.8 Å². The zero-order chi connectivity index (χ0) is 23.6. The first kappa shape index (κ1) is 22.1. The summed E-state index contributed by atoms with van der Waals surface area (Å²) >= 11 is 1.49. The molecule has 0 radical (unpaired) electrons. The standard InChI is InChI=1S/C29H28N4OS/c34-29(26-17-25-19-30-27-11-6-12-28(35-26)33(25)27)31-18-23-9-4-5-10-24(23)20-32-15-13-22(14-16-32)21-7-2-1-3-8-21/h1-12,17,19,22H,13-16,18,20H2,(H,31,34). The molecule has 2 aliphatic rings. The molecule has 2 aromatic heterocycles. The van der Waals surface area contributed by atoms with E-state index in [-0.39, 0.29) is 5.91 Å². The van der Waals surface area contributed by atoms with Gasteiger partial charge in [0.2, 0.25) is 0 Å². The summed E-state index contributed by atoms with van der Waals surface area (Å²) in [4.78, 5) is 20.7. The van der Waals surface area contributed by atoms with Crippen molar-refractivity contribution < 1.29 is 4.79 Å². The van der Waals surface area contributed by atoms with E-state index in [1.807, 2.05) is 30.5 Å². The summed E-state index contributed by atoms with van der Waals surface area (Å²) < 4.78 is 2.08. The second-order valence-corrected chi connectivity index (χ2v) is 10.3. The normalized spacial score (nSPS) is 16.3. The maximum atomic E-state index is 13.1. The number of nitrogens with one attached hydrogen (secondary N) is 1. The van der Waals surface area contributed by atoms with E-state index in [2.05, 4.69) is 74.2 Å². The Morgan fingerprint density at radius 2 is 1.71 bits per heavy atom. The molecule has 6 rings (SSSR count). The Morgan fingerprint density at radius 1 is 0.943 bits per heavy atom. The lowest BCUT2D eigenvalue weighted by Gasteiger charge is -2.32. The number of nitrogens with zero attached hydrogens (tertiary/aromatic N) is 3. The lowest BCUT2D eigenvalue weighted by molar-refractivity contribution is -0.116. The van der Waals surface area contributed by atoms with Crippen LogP contribution in [0.2, 0.25) is 0 Å². The number of piperidine rings is 1. The number of thioether (sulfide) groups is 1. The third-order valence-corrected chi connectivity index (χ3v) is 8.10. The van der Waals surface area contributed by atoms with Gasteiger partial charge < -0.3 is 5.32 Å². The summed E-state index contributed by atoms with van der Waals surface area (Å²) in [7, 11) is 0. The fourth-order valence-electron chi connectivity index (χ4n) is 5.14. The molecule has 4 heterocycles. The molecule has 0 spiro atoms. The van der Waals surface area contributed by atoms with Crippen LogP contribution in [0.25, 0.3) is 11.7 Å². The highest BCUT2D eigenvalue weighted by Crippen LogP contribution is 2.34. The Labute approximate surface area is 209 Å². The Kier molecular flexibility index (Phi) is 6.15. The summed E-state index contributed by atoms with van der Waals surface area (Å²) in [6, 6.07) is 25.3. The Hall–Kier alpha value is -3.35. The first-order chi connectivity index (χ1) is 17.2. The van der Waals surface area contributed by atoms with Gasteiger partial charge in [0.1, 0.15) is 5.65 Å². The maximum absolute atomic E-state index is 13.1. The minimum atomic E-state index is -0.0436. The molecule has 2 aliphatic heterocycles. The SMILES string of the molecule is O=C(NCc1ccccc1CN1CCC(c2ccccc2)CC1)C1=Cc2cnc3cccc(n23)S1. The minimum Gasteiger partial charge on any atom is -0.347 e. The van der Waals surface area contributed by atoms with E-state index < -0.39 is 0 Å². The third kappa shape index (κ3) is 4.64. The van der Waals surface area contributed by atoms with Crippen LogP contribution >= 0.6 is 11.8 Å². The van der Waals surface area contributed by atoms with Gasteiger partial charge >= 0.3 is 0 Å². The second-order valence-electron chi connectivity index (χ2n) is 9.26. The molecule has 4 aromatic rings. The molecular weight excluding hydrogens is 452 g/mol. The summed E-state index contributed by atoms with van der Waals surface area (Å²) in [6.07, 6.45) is 6.13. The highest BCUT2D eigenvalue weighted by molar-refractivity contribution is 8.04. The lowest BCUT2D eigenvalue weighted by atomic mass is 9.89. The van der Waals surface area contributed by atoms with Crippen LogP contribution in [0.3, 0.4) is 0 Å². The number of likely N-dealkylation sites (tertiary alicyclic amines) is 1. The molecule has 1 amide bonds. The van der Waals surface area contributed by atoms with Crippen LogP contribution in [-0.4, -0.2) is 33.3 Å². The smallest absolute Gasteiger partial charge is 0.258 e. The van der Waals surface area contributed by atoms with Crippen LogP contribution < -0.4 is 5.32 Å². The van der Waals surface area contributed by atoms with Crippen molar-refractivity contribution in [2.75, 3.05) is 13.1 Å². The lowest BCUT2D eigenvalue weighted by Crippen LogP contribution is -2.33. The molecular formula is C29H28N4OS. The molecule has 2 aromatic carbocycles. The molecule has 0 atom stereocenters. The third-order valence-electron chi connectivity index (χ3n) is 7.05. The molecule has 0 bridgehead atoms. The predicted molar refractivity (Wildman–Crippen MR) is 141 cm³/mol. The van der Waals surface area contributed by atoms with Gasteiger partial charge in [-0.1, -0.05) is 72.4 Å². The molecule has 0 saturated carbocycles. The number of benzene rings is 2. The number of hydrogen-bond acceptors (Lipinski definition) is 4. The van der Waals surface area contributed by atoms with Crippen molar-refractivity contribution >= 4 is 29.4 Å². The van der Waals surface area contributed by atoms with Crippen molar-refractivity contribution in [3.63, 3.8) is 0 Å². The quantitative estimate of drug-likeness (QED) is 0.397. The Balaban J connectivity index is 1.08. The maximum Gasteiger partial charge on any atom is 0.258 e. The topological polar surface area (TPSA) is 49.6 Å². The van der Waals surface area contributed by atoms with E-state index >= 15 is 0 Å². The summed E-state index contributed by atoms with van der Waals surface area (Å²) in [5, 5.41) is 4.17. The van der Waals surface area contributed by atoms with E-state index in [9.17, 15) is 4.79 Å². The largest absolute Gasteiger partial charge is 0.347 e. The number of pyridine rings is 1. The van der Waals surface area contributed by atoms with Crippen LogP contribution in [0.5, 0.6) is 0 Å². The average Bonchev–Trinajstić information content (AvgIpc) is 3.33. The van der Waals surface area contributed by atoms with Crippen LogP contribution in [0.1, 0.15) is 41.1 Å². The zero-order valence-electron chi connectivity index (χ0n) is 19.6. The first-order valence-corrected chi connectivity index (χ1v) is 13.0. The zero-order valence-corrected chi connectivity index (χ0v) is 20.4. The monoisotopic (exact) mass is 480 g/mol. The van der Waals surface area contributed by atoms with E-state index in [0.717, 1.165) is 36.0 Å². The molecule has 1 fully saturated rings. The molecule has 5 nitrogen and oxygen atoms in total. The molecule has 176 valence electrons. The van der Waals surface area contributed by atoms with Crippen LogP contribution in [-0.2, 0) is 17.9 Å². The van der Waals surface area contributed by atoms with Crippen molar-refractivity contribution in [1.29, 1.82) is 0 Å². The molecule has 1 saturated heterocycles. The molecule has 6 heteroatoms. The van der Waals surface area contributed by atoms with Gasteiger partial charge in [0, 0.05) is 13.1 Å². The summed E-state index contributed by atoms with van der Waals surface area (Å²) in [6.45, 7) is 3.65. The van der Waals surface area contributed by atoms with E-state index in [0.29, 0.717) is 17.4 Å². The molecule has 1 N–H and O–H groups in total. The van der Waals surface area contributed by atoms with Gasteiger partial charge in [-0.2, -0.15) is 0 Å². The number of aromatic nitrogens is 2. The van der Waals surface area contributed by atoms with Gasteiger partial charge in [-0.25, -0.2) is 4.98 Å². The van der Waals surface area contributed by atoms with Crippen molar-refractivity contribution in [2.24, 2.45) is 0 Å². The fourth-order valence-corrected chi connectivity index (χ4v) is 6.14. The highest BCUT2D eigenvalue weighted by Gasteiger charge is 2.22. The van der Waals surface area contributed by atoms with E-state index in [1.165, 1.54) is 41.3 Å². The van der Waals surface area contributed by atoms with Crippen LogP contribution in [0, 0.1) is 0 Å². The van der Waals surface area contributed by atoms with Crippen LogP contribution in [0.4, 0.5) is 0 Å². The van der Waals surface area contributed by atoms with Gasteiger partial charge in [0.15, 0.2) is 0 Å². The molecule has 0 aliphatic carbocycles.